The van der Waals surface area contributed by atoms with Crippen molar-refractivity contribution < 1.29 is 9.64 Å². The van der Waals surface area contributed by atoms with Gasteiger partial charge in [0.15, 0.2) is 0 Å². The quantitative estimate of drug-likeness (QED) is 0.613. The molecule has 25 heavy (non-hydrogen) atoms. The number of pyridine rings is 1. The van der Waals surface area contributed by atoms with Crippen LogP contribution in [0, 0.1) is 23.2 Å². The third-order valence-corrected chi connectivity index (χ3v) is 5.19. The molecule has 0 aromatic carbocycles. The van der Waals surface area contributed by atoms with Gasteiger partial charge in [-0.1, -0.05) is 25.8 Å². The van der Waals surface area contributed by atoms with Crippen LogP contribution in [0.3, 0.4) is 0 Å². The minimum Gasteiger partial charge on any atom is -0.361 e. The lowest BCUT2D eigenvalue weighted by molar-refractivity contribution is -0.930. The van der Waals surface area contributed by atoms with Crippen LogP contribution in [-0.4, -0.2) is 30.3 Å². The van der Waals surface area contributed by atoms with E-state index in [9.17, 15) is 0 Å². The van der Waals surface area contributed by atoms with Crippen LogP contribution in [0.4, 0.5) is 0 Å². The SMILES string of the molecule is CCC(C#CC[NH+]1CCCC[C@@H]1c1cccnc1)(CC)OCCC#N. The number of nitrogens with zero attached hydrogens (tertiary/aromatic N) is 2. The topological polar surface area (TPSA) is 50.4 Å². The number of piperidine rings is 1. The Morgan fingerprint density at radius 1 is 1.36 bits per heavy atom. The first kappa shape index (κ1) is 19.4. The highest BCUT2D eigenvalue weighted by atomic mass is 16.5. The van der Waals surface area contributed by atoms with Crippen LogP contribution in [0.1, 0.15) is 64.0 Å². The molecule has 1 aromatic heterocycles. The number of likely N-dealkylation sites (tertiary alicyclic amines) is 1. The summed E-state index contributed by atoms with van der Waals surface area (Å²) in [5.74, 6) is 6.80. The fraction of sp³-hybridized carbons (Fsp3) is 0.619. The van der Waals surface area contributed by atoms with E-state index in [4.69, 9.17) is 10.00 Å². The zero-order valence-electron chi connectivity index (χ0n) is 15.6. The summed E-state index contributed by atoms with van der Waals surface area (Å²) in [6.45, 7) is 6.67. The molecule has 1 saturated heterocycles. The van der Waals surface area contributed by atoms with Gasteiger partial charge in [-0.15, -0.1) is 0 Å². The monoisotopic (exact) mass is 340 g/mol. The Bertz CT molecular complexity index is 608. The van der Waals surface area contributed by atoms with Gasteiger partial charge in [-0.25, -0.2) is 0 Å². The van der Waals surface area contributed by atoms with Gasteiger partial charge in [0.25, 0.3) is 0 Å². The summed E-state index contributed by atoms with van der Waals surface area (Å²) in [5, 5.41) is 8.72. The average Bonchev–Trinajstić information content (AvgIpc) is 2.68. The van der Waals surface area contributed by atoms with E-state index in [1.54, 1.807) is 0 Å². The normalized spacial score (nSPS) is 20.4. The number of aromatic nitrogens is 1. The molecular formula is C21H30N3O+. The largest absolute Gasteiger partial charge is 0.361 e. The molecule has 2 atom stereocenters. The molecule has 1 aliphatic heterocycles. The molecule has 0 bridgehead atoms. The molecule has 0 radical (unpaired) electrons. The van der Waals surface area contributed by atoms with Gasteiger partial charge in [0.2, 0.25) is 0 Å². The number of hydrogen-bond donors (Lipinski definition) is 1. The lowest BCUT2D eigenvalue weighted by Gasteiger charge is -2.31. The van der Waals surface area contributed by atoms with Crippen LogP contribution < -0.4 is 4.90 Å². The van der Waals surface area contributed by atoms with E-state index < -0.39 is 5.60 Å². The summed E-state index contributed by atoms with van der Waals surface area (Å²) in [4.78, 5) is 5.82. The van der Waals surface area contributed by atoms with Crippen molar-refractivity contribution >= 4 is 0 Å². The summed E-state index contributed by atoms with van der Waals surface area (Å²) in [5.41, 5.74) is 0.914. The first-order valence-electron chi connectivity index (χ1n) is 9.50. The first-order valence-corrected chi connectivity index (χ1v) is 9.50. The molecule has 0 spiro atoms. The van der Waals surface area contributed by atoms with Gasteiger partial charge >= 0.3 is 0 Å². The van der Waals surface area contributed by atoms with Crippen molar-refractivity contribution in [3.63, 3.8) is 0 Å². The molecule has 4 heteroatoms. The predicted octanol–water partition coefficient (Wildman–Crippen LogP) is 2.68. The summed E-state index contributed by atoms with van der Waals surface area (Å²) in [7, 11) is 0. The van der Waals surface area contributed by atoms with E-state index >= 15 is 0 Å². The summed E-state index contributed by atoms with van der Waals surface area (Å²) in [6, 6.07) is 6.84. The van der Waals surface area contributed by atoms with Crippen molar-refractivity contribution in [2.45, 2.75) is 64.0 Å². The molecule has 1 N–H and O–H groups in total. The highest BCUT2D eigenvalue weighted by Crippen LogP contribution is 2.20. The fourth-order valence-corrected chi connectivity index (χ4v) is 3.55. The molecule has 0 aliphatic carbocycles. The van der Waals surface area contributed by atoms with Crippen LogP contribution in [0.15, 0.2) is 24.5 Å². The molecule has 0 amide bonds. The highest BCUT2D eigenvalue weighted by molar-refractivity contribution is 5.15. The number of ether oxygens (including phenoxy) is 1. The Morgan fingerprint density at radius 3 is 2.88 bits per heavy atom. The molecule has 1 unspecified atom stereocenters. The maximum atomic E-state index is 8.72. The number of nitriles is 1. The smallest absolute Gasteiger partial charge is 0.139 e. The molecule has 2 heterocycles. The van der Waals surface area contributed by atoms with E-state index in [1.807, 2.05) is 18.5 Å². The Hall–Kier alpha value is -1.88. The van der Waals surface area contributed by atoms with Gasteiger partial charge in [-0.3, -0.25) is 4.98 Å². The Balaban J connectivity index is 2.04. The third kappa shape index (κ3) is 5.56. The zero-order chi connectivity index (χ0) is 18.0. The third-order valence-electron chi connectivity index (χ3n) is 5.19. The van der Waals surface area contributed by atoms with Crippen LogP contribution in [-0.2, 0) is 4.74 Å². The van der Waals surface area contributed by atoms with Crippen molar-refractivity contribution in [3.05, 3.63) is 30.1 Å². The van der Waals surface area contributed by atoms with Crippen molar-refractivity contribution in [2.75, 3.05) is 19.7 Å². The minimum absolute atomic E-state index is 0.407. The second kappa shape index (κ2) is 10.2. The second-order valence-electron chi connectivity index (χ2n) is 6.68. The highest BCUT2D eigenvalue weighted by Gasteiger charge is 2.28. The zero-order valence-corrected chi connectivity index (χ0v) is 15.6. The van der Waals surface area contributed by atoms with Crippen LogP contribution in [0.25, 0.3) is 0 Å². The first-order chi connectivity index (χ1) is 12.2. The van der Waals surface area contributed by atoms with E-state index in [1.165, 1.54) is 29.7 Å². The predicted molar refractivity (Wildman–Crippen MR) is 98.8 cm³/mol. The van der Waals surface area contributed by atoms with E-state index in [-0.39, 0.29) is 0 Å². The summed E-state index contributed by atoms with van der Waals surface area (Å²) >= 11 is 0. The molecule has 0 saturated carbocycles. The van der Waals surface area contributed by atoms with Crippen LogP contribution in [0.2, 0.25) is 0 Å². The number of rotatable bonds is 7. The number of quaternary nitrogens is 1. The molecule has 134 valence electrons. The minimum atomic E-state index is -0.407. The summed E-state index contributed by atoms with van der Waals surface area (Å²) in [6.07, 6.45) is 9.70. The molecule has 1 fully saturated rings. The van der Waals surface area contributed by atoms with Crippen molar-refractivity contribution in [1.82, 2.24) is 4.98 Å². The lowest BCUT2D eigenvalue weighted by atomic mass is 9.96. The fourth-order valence-electron chi connectivity index (χ4n) is 3.55. The van der Waals surface area contributed by atoms with Gasteiger partial charge in [-0.05, 0) is 37.7 Å². The molecule has 1 aliphatic rings. The molecule has 1 aromatic rings. The average molecular weight is 340 g/mol. The van der Waals surface area contributed by atoms with Gasteiger partial charge in [0, 0.05) is 24.4 Å². The maximum absolute atomic E-state index is 8.72. The second-order valence-corrected chi connectivity index (χ2v) is 6.68. The van der Waals surface area contributed by atoms with Gasteiger partial charge in [0.05, 0.1) is 25.6 Å². The van der Waals surface area contributed by atoms with E-state index in [0.29, 0.717) is 19.1 Å². The Morgan fingerprint density at radius 2 is 2.20 bits per heavy atom. The van der Waals surface area contributed by atoms with E-state index in [2.05, 4.69) is 42.8 Å². The Kier molecular flexibility index (Phi) is 7.92. The maximum Gasteiger partial charge on any atom is 0.139 e. The number of hydrogen-bond acceptors (Lipinski definition) is 3. The molecule has 2 rings (SSSR count). The number of nitrogens with one attached hydrogen (secondary N) is 1. The summed E-state index contributed by atoms with van der Waals surface area (Å²) < 4.78 is 5.95. The van der Waals surface area contributed by atoms with Gasteiger partial charge in [0.1, 0.15) is 18.2 Å². The molecule has 4 nitrogen and oxygen atoms in total. The van der Waals surface area contributed by atoms with Crippen molar-refractivity contribution in [1.29, 1.82) is 5.26 Å². The van der Waals surface area contributed by atoms with Crippen molar-refractivity contribution in [2.24, 2.45) is 0 Å². The van der Waals surface area contributed by atoms with E-state index in [0.717, 1.165) is 25.9 Å². The lowest BCUT2D eigenvalue weighted by Crippen LogP contribution is -3.13. The van der Waals surface area contributed by atoms with Crippen molar-refractivity contribution in [3.8, 4) is 17.9 Å². The van der Waals surface area contributed by atoms with Gasteiger partial charge in [-0.2, -0.15) is 5.26 Å². The standard InChI is InChI=1S/C21H29N3O/c1-3-21(4-2,25-17-9-13-22)12-8-16-24-15-6-5-11-20(24)19-10-7-14-23-18-19/h7,10,14,18,20H,3-6,9,11,15-17H2,1-2H3/p+1/t20-/m1/s1. The Labute approximate surface area is 152 Å². The van der Waals surface area contributed by atoms with Gasteiger partial charge < -0.3 is 9.64 Å². The molecular weight excluding hydrogens is 310 g/mol. The van der Waals surface area contributed by atoms with Crippen LogP contribution >= 0.6 is 0 Å². The van der Waals surface area contributed by atoms with Crippen LogP contribution in [0.5, 0.6) is 0 Å².